The SMILES string of the molecule is c1ccc(C2=NC(c3cccc4oc5ccc(-c6cccc7oc8c9ccccc9ccc8c67)cc5c34)NC(c3ccc(-c4ccccc4)cc3)=N2)cc1. The van der Waals surface area contributed by atoms with Crippen molar-refractivity contribution in [1.82, 2.24) is 5.32 Å². The monoisotopic (exact) mass is 693 g/mol. The Hall–Kier alpha value is -7.24. The van der Waals surface area contributed by atoms with Crippen LogP contribution in [0.2, 0.25) is 0 Å². The number of nitrogens with one attached hydrogen (secondary N) is 1. The first-order valence-corrected chi connectivity index (χ1v) is 18.2. The summed E-state index contributed by atoms with van der Waals surface area (Å²) in [5, 5.41) is 10.3. The highest BCUT2D eigenvalue weighted by Gasteiger charge is 2.25. The lowest BCUT2D eigenvalue weighted by Gasteiger charge is -2.24. The van der Waals surface area contributed by atoms with Gasteiger partial charge in [-0.05, 0) is 58.0 Å². The first-order valence-electron chi connectivity index (χ1n) is 18.2. The molecule has 1 unspecified atom stereocenters. The fraction of sp³-hybridized carbons (Fsp3) is 0.0204. The first-order chi connectivity index (χ1) is 26.7. The molecule has 1 N–H and O–H groups in total. The molecular formula is C49H31N3O2. The van der Waals surface area contributed by atoms with Gasteiger partial charge in [0, 0.05) is 43.6 Å². The smallest absolute Gasteiger partial charge is 0.159 e. The van der Waals surface area contributed by atoms with Gasteiger partial charge < -0.3 is 14.2 Å². The number of aliphatic imine (C=N–C) groups is 2. The van der Waals surface area contributed by atoms with E-state index in [-0.39, 0.29) is 0 Å². The zero-order valence-corrected chi connectivity index (χ0v) is 29.0. The van der Waals surface area contributed by atoms with Crippen LogP contribution >= 0.6 is 0 Å². The van der Waals surface area contributed by atoms with Crippen LogP contribution in [0.1, 0.15) is 22.9 Å². The van der Waals surface area contributed by atoms with E-state index < -0.39 is 6.17 Å². The molecule has 0 amide bonds. The standard InChI is InChI=1S/C49H31N3O2/c1-3-11-30(12-4-1)31-21-23-34(24-22-31)48-50-47(33-14-5-2-6-15-33)51-49(52-48)39-18-10-19-42-45(39)40-29-35(26-28-41(40)53-42)36-17-9-20-43-44(36)38-27-25-32-13-7-8-16-37(32)46(38)54-43/h1-29,49H,(H,50,51,52). The normalized spacial score (nSPS) is 14.5. The van der Waals surface area contributed by atoms with Crippen molar-refractivity contribution in [2.75, 3.05) is 0 Å². The minimum Gasteiger partial charge on any atom is -0.456 e. The molecule has 10 aromatic rings. The molecule has 2 aromatic heterocycles. The molecule has 0 saturated heterocycles. The highest BCUT2D eigenvalue weighted by Crippen LogP contribution is 2.42. The Bertz CT molecular complexity index is 3120. The maximum Gasteiger partial charge on any atom is 0.159 e. The van der Waals surface area contributed by atoms with Crippen LogP contribution in [0, 0.1) is 0 Å². The van der Waals surface area contributed by atoms with E-state index in [9.17, 15) is 0 Å². The van der Waals surface area contributed by atoms with Gasteiger partial charge in [-0.1, -0.05) is 146 Å². The van der Waals surface area contributed by atoms with Gasteiger partial charge in [0.1, 0.15) is 34.3 Å². The summed E-state index contributed by atoms with van der Waals surface area (Å²) in [6, 6.07) is 60.9. The molecule has 8 aromatic carbocycles. The molecule has 254 valence electrons. The number of fused-ring (bicyclic) bond motifs is 8. The minimum atomic E-state index is -0.413. The number of hydrogen-bond donors (Lipinski definition) is 1. The van der Waals surface area contributed by atoms with Crippen molar-refractivity contribution >= 4 is 66.3 Å². The van der Waals surface area contributed by atoms with E-state index in [1.807, 2.05) is 36.4 Å². The molecule has 1 aliphatic heterocycles. The second-order valence-corrected chi connectivity index (χ2v) is 13.7. The largest absolute Gasteiger partial charge is 0.456 e. The van der Waals surface area contributed by atoms with Gasteiger partial charge in [-0.25, -0.2) is 9.98 Å². The van der Waals surface area contributed by atoms with Crippen molar-refractivity contribution in [2.45, 2.75) is 6.17 Å². The summed E-state index contributed by atoms with van der Waals surface area (Å²) in [7, 11) is 0. The summed E-state index contributed by atoms with van der Waals surface area (Å²) < 4.78 is 13.1. The zero-order valence-electron chi connectivity index (χ0n) is 29.0. The number of furan rings is 2. The molecular weight excluding hydrogens is 663 g/mol. The summed E-state index contributed by atoms with van der Waals surface area (Å²) in [5.74, 6) is 1.45. The lowest BCUT2D eigenvalue weighted by molar-refractivity contribution is 0.662. The lowest BCUT2D eigenvalue weighted by Crippen LogP contribution is -2.33. The second-order valence-electron chi connectivity index (χ2n) is 13.7. The summed E-state index contributed by atoms with van der Waals surface area (Å²) in [4.78, 5) is 10.3. The quantitative estimate of drug-likeness (QED) is 0.195. The Morgan fingerprint density at radius 1 is 0.444 bits per heavy atom. The second kappa shape index (κ2) is 12.2. The minimum absolute atomic E-state index is 0.413. The lowest BCUT2D eigenvalue weighted by atomic mass is 9.96. The van der Waals surface area contributed by atoms with Gasteiger partial charge in [0.15, 0.2) is 5.84 Å². The Morgan fingerprint density at radius 2 is 1.13 bits per heavy atom. The summed E-state index contributed by atoms with van der Waals surface area (Å²) in [5.41, 5.74) is 10.9. The highest BCUT2D eigenvalue weighted by molar-refractivity contribution is 6.20. The molecule has 0 fully saturated rings. The van der Waals surface area contributed by atoms with Crippen LogP contribution in [0.5, 0.6) is 0 Å². The van der Waals surface area contributed by atoms with E-state index in [2.05, 4.69) is 145 Å². The molecule has 0 aliphatic carbocycles. The van der Waals surface area contributed by atoms with E-state index in [1.165, 1.54) is 5.56 Å². The molecule has 5 nitrogen and oxygen atoms in total. The predicted molar refractivity (Wildman–Crippen MR) is 221 cm³/mol. The van der Waals surface area contributed by atoms with Crippen LogP contribution in [-0.4, -0.2) is 11.7 Å². The van der Waals surface area contributed by atoms with E-state index in [0.29, 0.717) is 5.84 Å². The molecule has 3 heterocycles. The van der Waals surface area contributed by atoms with Crippen molar-refractivity contribution in [2.24, 2.45) is 9.98 Å². The number of rotatable bonds is 5. The average molecular weight is 694 g/mol. The van der Waals surface area contributed by atoms with E-state index in [4.69, 9.17) is 18.8 Å². The maximum absolute atomic E-state index is 6.54. The molecule has 1 aliphatic rings. The third kappa shape index (κ3) is 4.94. The Morgan fingerprint density at radius 3 is 1.96 bits per heavy atom. The highest BCUT2D eigenvalue weighted by atomic mass is 16.3. The Kier molecular flexibility index (Phi) is 6.85. The Balaban J connectivity index is 1.05. The van der Waals surface area contributed by atoms with Gasteiger partial charge in [-0.15, -0.1) is 0 Å². The number of nitrogens with zero attached hydrogens (tertiary/aromatic N) is 2. The van der Waals surface area contributed by atoms with Crippen LogP contribution < -0.4 is 5.32 Å². The van der Waals surface area contributed by atoms with Crippen molar-refractivity contribution in [3.05, 3.63) is 193 Å². The molecule has 1 atom stereocenters. The average Bonchev–Trinajstić information content (AvgIpc) is 3.83. The topological polar surface area (TPSA) is 63.0 Å². The fourth-order valence-corrected chi connectivity index (χ4v) is 7.97. The van der Waals surface area contributed by atoms with Gasteiger partial charge in [-0.2, -0.15) is 0 Å². The van der Waals surface area contributed by atoms with Gasteiger partial charge in [0.2, 0.25) is 0 Å². The van der Waals surface area contributed by atoms with Crippen LogP contribution in [0.4, 0.5) is 0 Å². The van der Waals surface area contributed by atoms with Crippen molar-refractivity contribution in [3.63, 3.8) is 0 Å². The van der Waals surface area contributed by atoms with Crippen molar-refractivity contribution in [1.29, 1.82) is 0 Å². The zero-order chi connectivity index (χ0) is 35.6. The predicted octanol–water partition coefficient (Wildman–Crippen LogP) is 12.5. The fourth-order valence-electron chi connectivity index (χ4n) is 7.97. The van der Waals surface area contributed by atoms with Gasteiger partial charge >= 0.3 is 0 Å². The third-order valence-electron chi connectivity index (χ3n) is 10.6. The van der Waals surface area contributed by atoms with Gasteiger partial charge in [-0.3, -0.25) is 0 Å². The summed E-state index contributed by atoms with van der Waals surface area (Å²) in [6.07, 6.45) is -0.413. The van der Waals surface area contributed by atoms with Crippen molar-refractivity contribution in [3.8, 4) is 22.3 Å². The molecule has 0 bridgehead atoms. The van der Waals surface area contributed by atoms with E-state index >= 15 is 0 Å². The van der Waals surface area contributed by atoms with Gasteiger partial charge in [0.05, 0.1) is 0 Å². The first kappa shape index (κ1) is 30.4. The third-order valence-corrected chi connectivity index (χ3v) is 10.6. The molecule has 11 rings (SSSR count). The van der Waals surface area contributed by atoms with Gasteiger partial charge in [0.25, 0.3) is 0 Å². The number of benzene rings is 8. The maximum atomic E-state index is 6.54. The molecule has 0 radical (unpaired) electrons. The summed E-state index contributed by atoms with van der Waals surface area (Å²) >= 11 is 0. The van der Waals surface area contributed by atoms with Crippen LogP contribution in [0.25, 0.3) is 76.9 Å². The van der Waals surface area contributed by atoms with Crippen molar-refractivity contribution < 1.29 is 8.83 Å². The van der Waals surface area contributed by atoms with Crippen LogP contribution in [0.15, 0.2) is 195 Å². The number of amidine groups is 2. The summed E-state index contributed by atoms with van der Waals surface area (Å²) in [6.45, 7) is 0. The molecule has 5 heteroatoms. The molecule has 0 spiro atoms. The van der Waals surface area contributed by atoms with E-state index in [1.54, 1.807) is 0 Å². The van der Waals surface area contributed by atoms with Crippen LogP contribution in [0.3, 0.4) is 0 Å². The van der Waals surface area contributed by atoms with E-state index in [0.717, 1.165) is 93.9 Å². The Labute approximate surface area is 310 Å². The molecule has 0 saturated carbocycles. The van der Waals surface area contributed by atoms with Crippen LogP contribution in [-0.2, 0) is 0 Å². The molecule has 54 heavy (non-hydrogen) atoms. The number of hydrogen-bond acceptors (Lipinski definition) is 5.